The van der Waals surface area contributed by atoms with E-state index in [1.807, 2.05) is 13.0 Å². The van der Waals surface area contributed by atoms with Crippen LogP contribution in [0.25, 0.3) is 0 Å². The van der Waals surface area contributed by atoms with Gasteiger partial charge in [0.2, 0.25) is 0 Å². The predicted molar refractivity (Wildman–Crippen MR) is 75.9 cm³/mol. The Hall–Kier alpha value is -1.55. The fraction of sp³-hybridized carbons (Fsp3) is 0.533. The molecule has 1 amide bonds. The second-order valence-corrected chi connectivity index (χ2v) is 5.41. The van der Waals surface area contributed by atoms with E-state index in [1.165, 1.54) is 0 Å². The van der Waals surface area contributed by atoms with E-state index < -0.39 is 6.10 Å². The molecule has 4 heteroatoms. The summed E-state index contributed by atoms with van der Waals surface area (Å²) in [5, 5.41) is 10.0. The van der Waals surface area contributed by atoms with E-state index in [0.717, 1.165) is 31.2 Å². The van der Waals surface area contributed by atoms with Gasteiger partial charge in [-0.25, -0.2) is 0 Å². The minimum absolute atomic E-state index is 0.0716. The zero-order valence-electron chi connectivity index (χ0n) is 11.6. The van der Waals surface area contributed by atoms with Gasteiger partial charge in [-0.3, -0.25) is 4.79 Å². The lowest BCUT2D eigenvalue weighted by molar-refractivity contribution is 0.0268. The predicted octanol–water partition coefficient (Wildman–Crippen LogP) is 1.95. The van der Waals surface area contributed by atoms with E-state index in [2.05, 4.69) is 0 Å². The van der Waals surface area contributed by atoms with Crippen LogP contribution in [-0.4, -0.2) is 35.1 Å². The van der Waals surface area contributed by atoms with E-state index in [1.54, 1.807) is 24.1 Å². The third-order valence-corrected chi connectivity index (χ3v) is 4.04. The highest BCUT2D eigenvalue weighted by Gasteiger charge is 2.29. The quantitative estimate of drug-likeness (QED) is 0.801. The molecule has 3 N–H and O–H groups in total. The number of nitrogen functional groups attached to an aromatic ring is 1. The molecule has 1 aliphatic rings. The molecule has 0 spiro atoms. The van der Waals surface area contributed by atoms with Gasteiger partial charge >= 0.3 is 0 Å². The van der Waals surface area contributed by atoms with Gasteiger partial charge in [-0.05, 0) is 37.5 Å². The topological polar surface area (TPSA) is 66.6 Å². The van der Waals surface area contributed by atoms with Crippen LogP contribution in [0.4, 0.5) is 5.69 Å². The van der Waals surface area contributed by atoms with Crippen LogP contribution in [-0.2, 0) is 0 Å². The Labute approximate surface area is 114 Å². The SMILES string of the molecule is Cc1ccc(C(=O)N(C)C2CCCCC2O)cc1N. The van der Waals surface area contributed by atoms with Crippen LogP contribution < -0.4 is 5.73 Å². The molecule has 2 unspecified atom stereocenters. The number of rotatable bonds is 2. The Balaban J connectivity index is 2.15. The molecule has 1 aliphatic carbocycles. The Morgan fingerprint density at radius 1 is 1.37 bits per heavy atom. The summed E-state index contributed by atoms with van der Waals surface area (Å²) < 4.78 is 0. The Morgan fingerprint density at radius 3 is 2.68 bits per heavy atom. The molecule has 0 aliphatic heterocycles. The van der Waals surface area contributed by atoms with Gasteiger partial charge in [-0.15, -0.1) is 0 Å². The molecule has 0 saturated heterocycles. The zero-order valence-corrected chi connectivity index (χ0v) is 11.6. The smallest absolute Gasteiger partial charge is 0.254 e. The molecular weight excluding hydrogens is 240 g/mol. The lowest BCUT2D eigenvalue weighted by Gasteiger charge is -2.35. The fourth-order valence-electron chi connectivity index (χ4n) is 2.67. The zero-order chi connectivity index (χ0) is 14.0. The number of aliphatic hydroxyl groups excluding tert-OH is 1. The molecule has 0 bridgehead atoms. The average molecular weight is 262 g/mol. The van der Waals surface area contributed by atoms with Gasteiger partial charge in [0, 0.05) is 18.3 Å². The minimum atomic E-state index is -0.412. The highest BCUT2D eigenvalue weighted by Crippen LogP contribution is 2.24. The van der Waals surface area contributed by atoms with Gasteiger partial charge in [0.15, 0.2) is 0 Å². The molecule has 1 fully saturated rings. The number of carbonyl (C=O) groups is 1. The maximum atomic E-state index is 12.4. The summed E-state index contributed by atoms with van der Waals surface area (Å²) in [6, 6.07) is 5.28. The van der Waals surface area contributed by atoms with E-state index in [4.69, 9.17) is 5.73 Å². The molecule has 0 radical (unpaired) electrons. The van der Waals surface area contributed by atoms with Crippen molar-refractivity contribution in [2.45, 2.75) is 44.8 Å². The van der Waals surface area contributed by atoms with Crippen LogP contribution in [0.15, 0.2) is 18.2 Å². The number of hydrogen-bond donors (Lipinski definition) is 2. The van der Waals surface area contributed by atoms with Gasteiger partial charge in [-0.1, -0.05) is 18.9 Å². The van der Waals surface area contributed by atoms with Gasteiger partial charge in [-0.2, -0.15) is 0 Å². The number of aliphatic hydroxyl groups is 1. The second-order valence-electron chi connectivity index (χ2n) is 5.41. The summed E-state index contributed by atoms with van der Waals surface area (Å²) in [5.74, 6) is -0.0716. The highest BCUT2D eigenvalue weighted by atomic mass is 16.3. The van der Waals surface area contributed by atoms with Crippen molar-refractivity contribution < 1.29 is 9.90 Å². The van der Waals surface area contributed by atoms with Crippen LogP contribution in [0.1, 0.15) is 41.6 Å². The van der Waals surface area contributed by atoms with Crippen LogP contribution >= 0.6 is 0 Å². The fourth-order valence-corrected chi connectivity index (χ4v) is 2.67. The summed E-state index contributed by atoms with van der Waals surface area (Å²) >= 11 is 0. The number of hydrogen-bond acceptors (Lipinski definition) is 3. The summed E-state index contributed by atoms with van der Waals surface area (Å²) in [6.45, 7) is 1.91. The first-order valence-corrected chi connectivity index (χ1v) is 6.82. The number of benzene rings is 1. The summed E-state index contributed by atoms with van der Waals surface area (Å²) in [6.07, 6.45) is 3.33. The molecule has 1 saturated carbocycles. The number of anilines is 1. The van der Waals surface area contributed by atoms with E-state index in [9.17, 15) is 9.90 Å². The van der Waals surface area contributed by atoms with Crippen molar-refractivity contribution in [1.82, 2.24) is 4.90 Å². The maximum Gasteiger partial charge on any atom is 0.254 e. The molecule has 0 heterocycles. The largest absolute Gasteiger partial charge is 0.398 e. The number of likely N-dealkylation sites (N-methyl/N-ethyl adjacent to an activating group) is 1. The van der Waals surface area contributed by atoms with Crippen LogP contribution in [0, 0.1) is 6.92 Å². The van der Waals surface area contributed by atoms with Gasteiger partial charge in [0.1, 0.15) is 0 Å². The van der Waals surface area contributed by atoms with Crippen molar-refractivity contribution >= 4 is 11.6 Å². The first-order chi connectivity index (χ1) is 9.00. The number of aryl methyl sites for hydroxylation is 1. The van der Waals surface area contributed by atoms with Gasteiger partial charge in [0.25, 0.3) is 5.91 Å². The van der Waals surface area contributed by atoms with Crippen molar-refractivity contribution in [3.05, 3.63) is 29.3 Å². The summed E-state index contributed by atoms with van der Waals surface area (Å²) in [5.41, 5.74) is 8.03. The normalized spacial score (nSPS) is 23.1. The first-order valence-electron chi connectivity index (χ1n) is 6.82. The number of nitrogens with zero attached hydrogens (tertiary/aromatic N) is 1. The van der Waals surface area contributed by atoms with Crippen LogP contribution in [0.3, 0.4) is 0 Å². The van der Waals surface area contributed by atoms with Crippen molar-refractivity contribution in [2.75, 3.05) is 12.8 Å². The lowest BCUT2D eigenvalue weighted by atomic mass is 9.91. The van der Waals surface area contributed by atoms with Crippen molar-refractivity contribution in [1.29, 1.82) is 0 Å². The van der Waals surface area contributed by atoms with Gasteiger partial charge < -0.3 is 15.7 Å². The number of amides is 1. The lowest BCUT2D eigenvalue weighted by Crippen LogP contribution is -2.46. The molecule has 2 atom stereocenters. The standard InChI is InChI=1S/C15H22N2O2/c1-10-7-8-11(9-12(10)16)15(19)17(2)13-5-3-4-6-14(13)18/h7-9,13-14,18H,3-6,16H2,1-2H3. The number of nitrogens with two attached hydrogens (primary N) is 1. The average Bonchev–Trinajstić information content (AvgIpc) is 2.41. The molecule has 19 heavy (non-hydrogen) atoms. The summed E-state index contributed by atoms with van der Waals surface area (Å²) in [4.78, 5) is 14.1. The molecule has 2 rings (SSSR count). The minimum Gasteiger partial charge on any atom is -0.398 e. The van der Waals surface area contributed by atoms with E-state index >= 15 is 0 Å². The highest BCUT2D eigenvalue weighted by molar-refractivity contribution is 5.95. The Kier molecular flexibility index (Phi) is 4.10. The monoisotopic (exact) mass is 262 g/mol. The number of carbonyl (C=O) groups excluding carboxylic acids is 1. The van der Waals surface area contributed by atoms with Crippen LogP contribution in [0.2, 0.25) is 0 Å². The van der Waals surface area contributed by atoms with Gasteiger partial charge in [0.05, 0.1) is 12.1 Å². The Bertz CT molecular complexity index is 473. The third kappa shape index (κ3) is 2.89. The molecule has 1 aromatic rings. The van der Waals surface area contributed by atoms with E-state index in [0.29, 0.717) is 11.3 Å². The molecule has 4 nitrogen and oxygen atoms in total. The van der Waals surface area contributed by atoms with E-state index in [-0.39, 0.29) is 11.9 Å². The molecule has 104 valence electrons. The first kappa shape index (κ1) is 13.9. The molecular formula is C15H22N2O2. The summed E-state index contributed by atoms with van der Waals surface area (Å²) in [7, 11) is 1.76. The molecule has 0 aromatic heterocycles. The Morgan fingerprint density at radius 2 is 2.05 bits per heavy atom. The third-order valence-electron chi connectivity index (χ3n) is 4.04. The molecule has 1 aromatic carbocycles. The van der Waals surface area contributed by atoms with Crippen molar-refractivity contribution in [2.24, 2.45) is 0 Å². The van der Waals surface area contributed by atoms with Crippen LogP contribution in [0.5, 0.6) is 0 Å². The van der Waals surface area contributed by atoms with Crippen molar-refractivity contribution in [3.63, 3.8) is 0 Å². The maximum absolute atomic E-state index is 12.4. The van der Waals surface area contributed by atoms with Crippen molar-refractivity contribution in [3.8, 4) is 0 Å². The second kappa shape index (κ2) is 5.61.